The van der Waals surface area contributed by atoms with Crippen molar-refractivity contribution in [3.8, 4) is 0 Å². The molecule has 86 valence electrons. The van der Waals surface area contributed by atoms with Crippen LogP contribution in [-0.4, -0.2) is 23.0 Å². The molecule has 3 nitrogen and oxygen atoms in total. The van der Waals surface area contributed by atoms with Gasteiger partial charge in [-0.3, -0.25) is 4.79 Å². The van der Waals surface area contributed by atoms with Gasteiger partial charge in [0.05, 0.1) is 11.4 Å². The van der Waals surface area contributed by atoms with E-state index in [-0.39, 0.29) is 10.6 Å². The van der Waals surface area contributed by atoms with Crippen molar-refractivity contribution in [3.05, 3.63) is 33.8 Å². The molecule has 1 atom stereocenters. The van der Waals surface area contributed by atoms with Crippen molar-refractivity contribution in [2.75, 3.05) is 0 Å². The highest BCUT2D eigenvalue weighted by Crippen LogP contribution is 2.22. The molecule has 0 aliphatic rings. The van der Waals surface area contributed by atoms with E-state index in [0.29, 0.717) is 5.02 Å². The lowest BCUT2D eigenvalue weighted by atomic mass is 10.1. The monoisotopic (exact) mass is 264 g/mol. The van der Waals surface area contributed by atoms with E-state index in [4.69, 9.17) is 28.3 Å². The predicted molar refractivity (Wildman–Crippen MR) is 57.9 cm³/mol. The van der Waals surface area contributed by atoms with Gasteiger partial charge < -0.3 is 5.11 Å². The van der Waals surface area contributed by atoms with E-state index in [0.717, 1.165) is 0 Å². The van der Waals surface area contributed by atoms with Crippen molar-refractivity contribution in [2.24, 2.45) is 0 Å². The summed E-state index contributed by atoms with van der Waals surface area (Å²) in [5.41, 5.74) is 0.0648. The van der Waals surface area contributed by atoms with Gasteiger partial charge in [-0.05, 0) is 18.2 Å². The highest BCUT2D eigenvalue weighted by atomic mass is 35.5. The van der Waals surface area contributed by atoms with Crippen molar-refractivity contribution in [3.63, 3.8) is 0 Å². The average molecular weight is 265 g/mol. The lowest BCUT2D eigenvalue weighted by Crippen LogP contribution is -2.19. The van der Waals surface area contributed by atoms with Crippen LogP contribution in [0.15, 0.2) is 18.2 Å². The first-order chi connectivity index (χ1) is 7.41. The second-order valence-electron chi connectivity index (χ2n) is 3.06. The molecule has 1 N–H and O–H groups in total. The van der Waals surface area contributed by atoms with Crippen molar-refractivity contribution < 1.29 is 19.1 Å². The number of carboxylic acids is 1. The molecule has 1 aromatic carbocycles. The number of halogens is 3. The molecule has 0 spiro atoms. The number of carbonyl (C=O) groups is 2. The molecule has 0 fully saturated rings. The van der Waals surface area contributed by atoms with E-state index in [1.54, 1.807) is 0 Å². The number of carboxylic acid groups (broad SMARTS) is 1. The molecular formula is C10H7Cl2FO3. The third-order valence-corrected chi connectivity index (χ3v) is 2.41. The van der Waals surface area contributed by atoms with Crippen LogP contribution in [0.4, 0.5) is 4.39 Å². The van der Waals surface area contributed by atoms with Gasteiger partial charge in [-0.15, -0.1) is 0 Å². The molecule has 0 aromatic heterocycles. The molecule has 1 aromatic rings. The van der Waals surface area contributed by atoms with Gasteiger partial charge in [0.25, 0.3) is 0 Å². The van der Waals surface area contributed by atoms with E-state index >= 15 is 0 Å². The van der Waals surface area contributed by atoms with Gasteiger partial charge in [0.2, 0.25) is 6.17 Å². The number of carbonyl (C=O) groups excluding carboxylic acids is 1. The highest BCUT2D eigenvalue weighted by molar-refractivity contribution is 6.36. The molecule has 1 unspecified atom stereocenters. The summed E-state index contributed by atoms with van der Waals surface area (Å²) in [5.74, 6) is -2.34. The summed E-state index contributed by atoms with van der Waals surface area (Å²) >= 11 is 11.3. The molecule has 0 bridgehead atoms. The van der Waals surface area contributed by atoms with Crippen LogP contribution in [0.2, 0.25) is 10.0 Å². The molecule has 0 saturated carbocycles. The minimum absolute atomic E-state index is 0.0648. The normalized spacial score (nSPS) is 12.2. The van der Waals surface area contributed by atoms with E-state index in [9.17, 15) is 14.0 Å². The Kier molecular flexibility index (Phi) is 4.26. The van der Waals surface area contributed by atoms with Crippen LogP contribution < -0.4 is 0 Å². The summed E-state index contributed by atoms with van der Waals surface area (Å²) in [7, 11) is 0. The van der Waals surface area contributed by atoms with Gasteiger partial charge in [-0.2, -0.15) is 0 Å². The number of hydrogen-bond acceptors (Lipinski definition) is 2. The second kappa shape index (κ2) is 5.27. The van der Waals surface area contributed by atoms with E-state index in [1.807, 2.05) is 0 Å². The molecule has 16 heavy (non-hydrogen) atoms. The molecule has 0 amide bonds. The highest BCUT2D eigenvalue weighted by Gasteiger charge is 2.22. The Labute approximate surface area is 101 Å². The maximum atomic E-state index is 12.8. The quantitative estimate of drug-likeness (QED) is 0.851. The fourth-order valence-electron chi connectivity index (χ4n) is 1.08. The molecule has 0 radical (unpaired) electrons. The van der Waals surface area contributed by atoms with Crippen LogP contribution in [0.5, 0.6) is 0 Å². The molecule has 6 heteroatoms. The maximum absolute atomic E-state index is 12.8. The third-order valence-electron chi connectivity index (χ3n) is 1.86. The molecule has 0 heterocycles. The smallest absolute Gasteiger partial charge is 0.338 e. The number of alkyl halides is 1. The Morgan fingerprint density at radius 1 is 1.38 bits per heavy atom. The average Bonchev–Trinajstić information content (AvgIpc) is 2.16. The van der Waals surface area contributed by atoms with Gasteiger partial charge in [-0.25, -0.2) is 9.18 Å². The van der Waals surface area contributed by atoms with Crippen LogP contribution in [0.25, 0.3) is 0 Å². The first kappa shape index (κ1) is 12.9. The number of aliphatic carboxylic acids is 1. The van der Waals surface area contributed by atoms with Crippen molar-refractivity contribution >= 4 is 35.0 Å². The summed E-state index contributed by atoms with van der Waals surface area (Å²) < 4.78 is 12.8. The number of Topliss-reactive ketones (excluding diaryl/α,β-unsaturated/α-hetero) is 1. The first-order valence-corrected chi connectivity index (χ1v) is 5.02. The van der Waals surface area contributed by atoms with Gasteiger partial charge in [-0.1, -0.05) is 23.2 Å². The number of hydrogen-bond donors (Lipinski definition) is 1. The predicted octanol–water partition coefficient (Wildman–Crippen LogP) is 2.99. The summed E-state index contributed by atoms with van der Waals surface area (Å²) in [6.45, 7) is 0. The number of benzene rings is 1. The standard InChI is InChI=1S/C10H7Cl2FO3/c11-5-1-2-6(7(12)3-5)9(14)4-8(13)10(15)16/h1-3,8H,4H2,(H,15,16). The largest absolute Gasteiger partial charge is 0.479 e. The Morgan fingerprint density at radius 2 is 2.00 bits per heavy atom. The zero-order valence-electron chi connectivity index (χ0n) is 7.91. The summed E-state index contributed by atoms with van der Waals surface area (Å²) in [6, 6.07) is 4.10. The number of ketones is 1. The number of rotatable bonds is 4. The maximum Gasteiger partial charge on any atom is 0.338 e. The van der Waals surface area contributed by atoms with Crippen LogP contribution in [-0.2, 0) is 4.79 Å². The van der Waals surface area contributed by atoms with Crippen molar-refractivity contribution in [1.82, 2.24) is 0 Å². The topological polar surface area (TPSA) is 54.4 Å². The molecule has 1 rings (SSSR count). The van der Waals surface area contributed by atoms with Crippen LogP contribution in [0.1, 0.15) is 16.8 Å². The van der Waals surface area contributed by atoms with E-state index in [2.05, 4.69) is 0 Å². The van der Waals surface area contributed by atoms with Crippen molar-refractivity contribution in [2.45, 2.75) is 12.6 Å². The molecule has 0 saturated heterocycles. The fourth-order valence-corrected chi connectivity index (χ4v) is 1.59. The van der Waals surface area contributed by atoms with Gasteiger partial charge in [0.15, 0.2) is 5.78 Å². The van der Waals surface area contributed by atoms with Crippen LogP contribution in [0, 0.1) is 0 Å². The third kappa shape index (κ3) is 3.18. The lowest BCUT2D eigenvalue weighted by Gasteiger charge is -2.05. The van der Waals surface area contributed by atoms with Gasteiger partial charge >= 0.3 is 5.97 Å². The fraction of sp³-hybridized carbons (Fsp3) is 0.200. The summed E-state index contributed by atoms with van der Waals surface area (Å²) in [4.78, 5) is 21.7. The Bertz CT molecular complexity index is 434. The SMILES string of the molecule is O=C(CC(F)C(=O)O)c1ccc(Cl)cc1Cl. The zero-order valence-corrected chi connectivity index (χ0v) is 9.43. The van der Waals surface area contributed by atoms with E-state index in [1.165, 1.54) is 18.2 Å². The Morgan fingerprint density at radius 3 is 2.50 bits per heavy atom. The lowest BCUT2D eigenvalue weighted by molar-refractivity contribution is -0.142. The van der Waals surface area contributed by atoms with Crippen LogP contribution in [0.3, 0.4) is 0 Å². The van der Waals surface area contributed by atoms with Crippen molar-refractivity contribution in [1.29, 1.82) is 0 Å². The Hall–Kier alpha value is -1.13. The van der Waals surface area contributed by atoms with Gasteiger partial charge in [0.1, 0.15) is 0 Å². The zero-order chi connectivity index (χ0) is 12.3. The molecule has 0 aliphatic carbocycles. The van der Waals surface area contributed by atoms with E-state index < -0.39 is 24.3 Å². The minimum Gasteiger partial charge on any atom is -0.479 e. The molecule has 0 aliphatic heterocycles. The first-order valence-electron chi connectivity index (χ1n) is 4.27. The summed E-state index contributed by atoms with van der Waals surface area (Å²) in [6.07, 6.45) is -2.96. The van der Waals surface area contributed by atoms with Gasteiger partial charge in [0, 0.05) is 10.6 Å². The summed E-state index contributed by atoms with van der Waals surface area (Å²) in [5, 5.41) is 8.73. The van der Waals surface area contributed by atoms with Crippen LogP contribution >= 0.6 is 23.2 Å². The second-order valence-corrected chi connectivity index (χ2v) is 3.90. The molecular weight excluding hydrogens is 258 g/mol. The Balaban J connectivity index is 2.85. The minimum atomic E-state index is -2.22.